The maximum Gasteiger partial charge on any atom is 0.416 e. The van der Waals surface area contributed by atoms with Crippen molar-refractivity contribution >= 4 is 17.4 Å². The van der Waals surface area contributed by atoms with Gasteiger partial charge in [0.05, 0.1) is 5.56 Å². The number of carbonyl (C=O) groups excluding carboxylic acids is 2. The number of amides is 1. The summed E-state index contributed by atoms with van der Waals surface area (Å²) >= 11 is 0. The van der Waals surface area contributed by atoms with Crippen molar-refractivity contribution in [3.8, 4) is 0 Å². The molecule has 0 atom stereocenters. The van der Waals surface area contributed by atoms with Crippen LogP contribution in [-0.2, 0) is 19.1 Å². The van der Waals surface area contributed by atoms with E-state index < -0.39 is 17.6 Å². The highest BCUT2D eigenvalue weighted by molar-refractivity contribution is 6.07. The van der Waals surface area contributed by atoms with E-state index in [1.165, 1.54) is 13.0 Å². The molecule has 2 rings (SSSR count). The Kier molecular flexibility index (Phi) is 6.10. The number of H-pyrrole nitrogens is 1. The molecule has 0 radical (unpaired) electrons. The number of halogens is 3. The van der Waals surface area contributed by atoms with E-state index in [0.717, 1.165) is 12.1 Å². The van der Waals surface area contributed by atoms with E-state index in [9.17, 15) is 22.8 Å². The molecule has 0 spiro atoms. The van der Waals surface area contributed by atoms with E-state index in [-0.39, 0.29) is 29.3 Å². The quantitative estimate of drug-likeness (QED) is 0.655. The van der Waals surface area contributed by atoms with Crippen molar-refractivity contribution in [3.05, 3.63) is 51.8 Å². The summed E-state index contributed by atoms with van der Waals surface area (Å²) in [4.78, 5) is 27.5. The summed E-state index contributed by atoms with van der Waals surface area (Å²) in [5.74, 6) is -0.771. The largest absolute Gasteiger partial charge is 0.416 e. The fourth-order valence-electron chi connectivity index (χ4n) is 3.09. The summed E-state index contributed by atoms with van der Waals surface area (Å²) in [6.45, 7) is 4.92. The molecule has 0 aliphatic rings. The molecule has 0 aliphatic heterocycles. The molecule has 0 unspecified atom stereocenters. The van der Waals surface area contributed by atoms with Crippen LogP contribution in [0.2, 0.25) is 0 Å². The smallest absolute Gasteiger partial charge is 0.354 e. The SMILES string of the molecule is CCCc1c(C(=O)Nc2cc(CN)cc(C(F)(F)F)c2)[nH]c(C)c1C(C)=O. The second kappa shape index (κ2) is 7.96. The monoisotopic (exact) mass is 381 g/mol. The molecule has 8 heteroatoms. The van der Waals surface area contributed by atoms with E-state index in [0.29, 0.717) is 29.7 Å². The van der Waals surface area contributed by atoms with Gasteiger partial charge in [-0.3, -0.25) is 9.59 Å². The zero-order valence-corrected chi connectivity index (χ0v) is 15.4. The minimum atomic E-state index is -4.55. The lowest BCUT2D eigenvalue weighted by molar-refractivity contribution is -0.137. The van der Waals surface area contributed by atoms with Gasteiger partial charge in [0, 0.05) is 23.5 Å². The second-order valence-electron chi connectivity index (χ2n) is 6.36. The van der Waals surface area contributed by atoms with Gasteiger partial charge in [0.1, 0.15) is 5.69 Å². The lowest BCUT2D eigenvalue weighted by Gasteiger charge is -2.13. The zero-order chi connectivity index (χ0) is 20.4. The van der Waals surface area contributed by atoms with Crippen LogP contribution in [-0.4, -0.2) is 16.7 Å². The third-order valence-electron chi connectivity index (χ3n) is 4.18. The van der Waals surface area contributed by atoms with Gasteiger partial charge in [-0.15, -0.1) is 0 Å². The van der Waals surface area contributed by atoms with Crippen molar-refractivity contribution in [1.29, 1.82) is 0 Å². The van der Waals surface area contributed by atoms with Gasteiger partial charge in [0.25, 0.3) is 5.91 Å². The predicted molar refractivity (Wildman–Crippen MR) is 96.8 cm³/mol. The first-order chi connectivity index (χ1) is 12.6. The highest BCUT2D eigenvalue weighted by atomic mass is 19.4. The van der Waals surface area contributed by atoms with Gasteiger partial charge in [0.15, 0.2) is 5.78 Å². The number of anilines is 1. The maximum atomic E-state index is 13.1. The van der Waals surface area contributed by atoms with Crippen LogP contribution in [0, 0.1) is 6.92 Å². The second-order valence-corrected chi connectivity index (χ2v) is 6.36. The molecule has 1 amide bonds. The van der Waals surface area contributed by atoms with Gasteiger partial charge >= 0.3 is 6.18 Å². The Hall–Kier alpha value is -2.61. The molecule has 0 bridgehead atoms. The molecule has 0 fully saturated rings. The minimum Gasteiger partial charge on any atom is -0.354 e. The van der Waals surface area contributed by atoms with Crippen LogP contribution in [0.3, 0.4) is 0 Å². The van der Waals surface area contributed by atoms with Crippen LogP contribution in [0.4, 0.5) is 18.9 Å². The molecule has 146 valence electrons. The number of alkyl halides is 3. The Morgan fingerprint density at radius 1 is 1.22 bits per heavy atom. The summed E-state index contributed by atoms with van der Waals surface area (Å²) in [6, 6.07) is 3.21. The molecule has 0 aliphatic carbocycles. The summed E-state index contributed by atoms with van der Waals surface area (Å²) in [5.41, 5.74) is 6.60. The van der Waals surface area contributed by atoms with Crippen LogP contribution in [0.1, 0.15) is 63.5 Å². The van der Waals surface area contributed by atoms with E-state index in [2.05, 4.69) is 10.3 Å². The van der Waals surface area contributed by atoms with Crippen LogP contribution >= 0.6 is 0 Å². The average molecular weight is 381 g/mol. The Morgan fingerprint density at radius 2 is 1.89 bits per heavy atom. The van der Waals surface area contributed by atoms with Gasteiger partial charge in [-0.05, 0) is 49.6 Å². The van der Waals surface area contributed by atoms with E-state index >= 15 is 0 Å². The number of Topliss-reactive ketones (excluding diaryl/α,β-unsaturated/α-hetero) is 1. The van der Waals surface area contributed by atoms with E-state index in [1.807, 2.05) is 6.92 Å². The third kappa shape index (κ3) is 4.57. The van der Waals surface area contributed by atoms with Crippen molar-refractivity contribution in [1.82, 2.24) is 4.98 Å². The molecule has 2 aromatic rings. The third-order valence-corrected chi connectivity index (χ3v) is 4.18. The average Bonchev–Trinajstić information content (AvgIpc) is 2.90. The maximum absolute atomic E-state index is 13.1. The normalized spacial score (nSPS) is 11.5. The first kappa shape index (κ1) is 20.7. The van der Waals surface area contributed by atoms with Crippen LogP contribution in [0.5, 0.6) is 0 Å². The summed E-state index contributed by atoms with van der Waals surface area (Å²) in [7, 11) is 0. The molecule has 0 saturated carbocycles. The molecule has 4 N–H and O–H groups in total. The van der Waals surface area contributed by atoms with Gasteiger partial charge in [0.2, 0.25) is 0 Å². The molecular weight excluding hydrogens is 359 g/mol. The topological polar surface area (TPSA) is 88.0 Å². The fraction of sp³-hybridized carbons (Fsp3) is 0.368. The molecule has 1 aromatic heterocycles. The van der Waals surface area contributed by atoms with Gasteiger partial charge in [-0.1, -0.05) is 13.3 Å². The Labute approximate surface area is 155 Å². The number of hydrogen-bond acceptors (Lipinski definition) is 3. The number of carbonyl (C=O) groups is 2. The van der Waals surface area contributed by atoms with Gasteiger partial charge in [-0.25, -0.2) is 0 Å². The van der Waals surface area contributed by atoms with Crippen molar-refractivity contribution < 1.29 is 22.8 Å². The van der Waals surface area contributed by atoms with Crippen molar-refractivity contribution in [2.24, 2.45) is 5.73 Å². The van der Waals surface area contributed by atoms with Gasteiger partial charge < -0.3 is 16.0 Å². The Morgan fingerprint density at radius 3 is 2.41 bits per heavy atom. The molecule has 27 heavy (non-hydrogen) atoms. The highest BCUT2D eigenvalue weighted by Gasteiger charge is 2.31. The Bertz CT molecular complexity index is 870. The number of nitrogens with one attached hydrogen (secondary N) is 2. The van der Waals surface area contributed by atoms with Crippen molar-refractivity contribution in [2.75, 3.05) is 5.32 Å². The number of benzene rings is 1. The van der Waals surface area contributed by atoms with E-state index in [4.69, 9.17) is 5.73 Å². The summed E-state index contributed by atoms with van der Waals surface area (Å²) in [6.07, 6.45) is -3.35. The van der Waals surface area contributed by atoms with Crippen molar-refractivity contribution in [2.45, 2.75) is 46.3 Å². The first-order valence-corrected chi connectivity index (χ1v) is 8.53. The molecular formula is C19H22F3N3O2. The van der Waals surface area contributed by atoms with E-state index in [1.54, 1.807) is 6.92 Å². The highest BCUT2D eigenvalue weighted by Crippen LogP contribution is 2.32. The number of aromatic amines is 1. The molecule has 5 nitrogen and oxygen atoms in total. The first-order valence-electron chi connectivity index (χ1n) is 8.53. The standard InChI is InChI=1S/C19H22F3N3O2/c1-4-5-15-16(11(3)26)10(2)24-17(15)18(27)25-14-7-12(9-23)6-13(8-14)19(20,21)22/h6-8,24H,4-5,9,23H2,1-3H3,(H,25,27). The predicted octanol–water partition coefficient (Wildman–Crippen LogP) is 4.21. The number of hydrogen-bond donors (Lipinski definition) is 3. The molecule has 0 saturated heterocycles. The number of aromatic nitrogens is 1. The number of rotatable bonds is 6. The van der Waals surface area contributed by atoms with Crippen LogP contribution in [0.15, 0.2) is 18.2 Å². The summed E-state index contributed by atoms with van der Waals surface area (Å²) < 4.78 is 39.2. The summed E-state index contributed by atoms with van der Waals surface area (Å²) in [5, 5.41) is 2.49. The zero-order valence-electron chi connectivity index (χ0n) is 15.4. The Balaban J connectivity index is 2.43. The number of aryl methyl sites for hydroxylation is 1. The van der Waals surface area contributed by atoms with Crippen LogP contribution in [0.25, 0.3) is 0 Å². The fourth-order valence-corrected chi connectivity index (χ4v) is 3.09. The molecule has 1 heterocycles. The van der Waals surface area contributed by atoms with Crippen molar-refractivity contribution in [3.63, 3.8) is 0 Å². The van der Waals surface area contributed by atoms with Gasteiger partial charge in [-0.2, -0.15) is 13.2 Å². The van der Waals surface area contributed by atoms with Crippen LogP contribution < -0.4 is 11.1 Å². The molecule has 1 aromatic carbocycles. The lowest BCUT2D eigenvalue weighted by atomic mass is 10.0. The number of ketones is 1. The minimum absolute atomic E-state index is 0.00523. The lowest BCUT2D eigenvalue weighted by Crippen LogP contribution is -2.16. The number of nitrogens with two attached hydrogens (primary N) is 1.